The monoisotopic (exact) mass is 360 g/mol. The summed E-state index contributed by atoms with van der Waals surface area (Å²) in [6.45, 7) is 0. The summed E-state index contributed by atoms with van der Waals surface area (Å²) in [4.78, 5) is 1.12. The summed E-state index contributed by atoms with van der Waals surface area (Å²) in [5.41, 5.74) is 3.25. The van der Waals surface area contributed by atoms with Gasteiger partial charge in [0.15, 0.2) is 0 Å². The Morgan fingerprint density at radius 2 is 1.46 bits per heavy atom. The molecule has 3 heteroatoms. The predicted molar refractivity (Wildman–Crippen MR) is 108 cm³/mol. The standard InChI is InChI=1S/C23H20O2S/c1-24-21-13-9-18(10-14-21)8-11-20-12-15-22(25-2)16-23(20)26-17-19-6-4-3-5-7-19/h3-7,9-10,12-16H,17H2,1-2H3. The first-order valence-electron chi connectivity index (χ1n) is 8.29. The molecule has 0 amide bonds. The van der Waals surface area contributed by atoms with E-state index in [9.17, 15) is 0 Å². The van der Waals surface area contributed by atoms with E-state index < -0.39 is 0 Å². The molecule has 0 aliphatic carbocycles. The summed E-state index contributed by atoms with van der Waals surface area (Å²) >= 11 is 1.77. The molecule has 0 unspecified atom stereocenters. The number of thioether (sulfide) groups is 1. The number of hydrogen-bond acceptors (Lipinski definition) is 3. The molecule has 0 spiro atoms. The van der Waals surface area contributed by atoms with E-state index in [1.54, 1.807) is 26.0 Å². The zero-order valence-corrected chi connectivity index (χ0v) is 15.7. The molecular formula is C23H20O2S. The highest BCUT2D eigenvalue weighted by atomic mass is 32.2. The van der Waals surface area contributed by atoms with Crippen LogP contribution in [0.15, 0.2) is 77.7 Å². The fraction of sp³-hybridized carbons (Fsp3) is 0.130. The highest BCUT2D eigenvalue weighted by Gasteiger charge is 2.04. The minimum Gasteiger partial charge on any atom is -0.497 e. The van der Waals surface area contributed by atoms with Crippen molar-refractivity contribution in [2.45, 2.75) is 10.6 Å². The quantitative estimate of drug-likeness (QED) is 0.449. The third kappa shape index (κ3) is 4.84. The average Bonchev–Trinajstić information content (AvgIpc) is 2.72. The average molecular weight is 360 g/mol. The van der Waals surface area contributed by atoms with Crippen molar-refractivity contribution in [3.63, 3.8) is 0 Å². The van der Waals surface area contributed by atoms with Crippen LogP contribution in [-0.2, 0) is 5.75 Å². The molecule has 0 bridgehead atoms. The second-order valence-corrected chi connectivity index (χ2v) is 6.63. The molecule has 3 rings (SSSR count). The lowest BCUT2D eigenvalue weighted by atomic mass is 10.1. The van der Waals surface area contributed by atoms with Gasteiger partial charge in [0, 0.05) is 21.8 Å². The summed E-state index contributed by atoms with van der Waals surface area (Å²) < 4.78 is 10.6. The van der Waals surface area contributed by atoms with Gasteiger partial charge in [-0.15, -0.1) is 11.8 Å². The van der Waals surface area contributed by atoms with Crippen molar-refractivity contribution in [3.8, 4) is 23.3 Å². The third-order valence-electron chi connectivity index (χ3n) is 3.86. The van der Waals surface area contributed by atoms with E-state index in [0.717, 1.165) is 33.3 Å². The van der Waals surface area contributed by atoms with Crippen LogP contribution in [0.5, 0.6) is 11.5 Å². The van der Waals surface area contributed by atoms with Gasteiger partial charge in [-0.25, -0.2) is 0 Å². The largest absolute Gasteiger partial charge is 0.497 e. The maximum absolute atomic E-state index is 5.37. The zero-order valence-electron chi connectivity index (χ0n) is 14.9. The predicted octanol–water partition coefficient (Wildman–Crippen LogP) is 5.40. The van der Waals surface area contributed by atoms with Gasteiger partial charge >= 0.3 is 0 Å². The van der Waals surface area contributed by atoms with E-state index in [-0.39, 0.29) is 0 Å². The highest BCUT2D eigenvalue weighted by Crippen LogP contribution is 2.29. The number of ether oxygens (including phenoxy) is 2. The first-order chi connectivity index (χ1) is 12.8. The Morgan fingerprint density at radius 1 is 0.769 bits per heavy atom. The van der Waals surface area contributed by atoms with Crippen molar-refractivity contribution in [1.29, 1.82) is 0 Å². The molecule has 0 aromatic heterocycles. The van der Waals surface area contributed by atoms with Crippen LogP contribution in [-0.4, -0.2) is 14.2 Å². The van der Waals surface area contributed by atoms with Crippen LogP contribution in [0.1, 0.15) is 16.7 Å². The van der Waals surface area contributed by atoms with Crippen LogP contribution in [0, 0.1) is 11.8 Å². The van der Waals surface area contributed by atoms with E-state index in [0.29, 0.717) is 0 Å². The van der Waals surface area contributed by atoms with E-state index in [2.05, 4.69) is 36.1 Å². The fourth-order valence-corrected chi connectivity index (χ4v) is 3.39. The smallest absolute Gasteiger partial charge is 0.120 e. The minimum absolute atomic E-state index is 0.833. The van der Waals surface area contributed by atoms with Gasteiger partial charge in [0.1, 0.15) is 11.5 Å². The second-order valence-electron chi connectivity index (χ2n) is 5.61. The summed E-state index contributed by atoms with van der Waals surface area (Å²) in [5, 5.41) is 0. The fourth-order valence-electron chi connectivity index (χ4n) is 2.40. The van der Waals surface area contributed by atoms with Gasteiger partial charge in [0.2, 0.25) is 0 Å². The Bertz CT molecular complexity index is 906. The summed E-state index contributed by atoms with van der Waals surface area (Å²) in [6.07, 6.45) is 0. The first kappa shape index (κ1) is 18.0. The molecule has 0 N–H and O–H groups in total. The molecule has 130 valence electrons. The van der Waals surface area contributed by atoms with E-state index in [1.807, 2.05) is 48.5 Å². The van der Waals surface area contributed by atoms with Gasteiger partial charge in [0.05, 0.1) is 14.2 Å². The van der Waals surface area contributed by atoms with Gasteiger partial charge in [-0.2, -0.15) is 0 Å². The zero-order chi connectivity index (χ0) is 18.2. The molecule has 0 atom stereocenters. The topological polar surface area (TPSA) is 18.5 Å². The van der Waals surface area contributed by atoms with Crippen LogP contribution in [0.4, 0.5) is 0 Å². The maximum atomic E-state index is 5.37. The molecule has 3 aromatic carbocycles. The number of methoxy groups -OCH3 is 2. The van der Waals surface area contributed by atoms with Crippen LogP contribution in [0.25, 0.3) is 0 Å². The Morgan fingerprint density at radius 3 is 2.15 bits per heavy atom. The summed E-state index contributed by atoms with van der Waals surface area (Å²) in [5.74, 6) is 9.09. The lowest BCUT2D eigenvalue weighted by Gasteiger charge is -2.07. The molecular weight excluding hydrogens is 340 g/mol. The molecule has 0 heterocycles. The van der Waals surface area contributed by atoms with E-state index in [4.69, 9.17) is 9.47 Å². The second kappa shape index (κ2) is 9.03. The molecule has 26 heavy (non-hydrogen) atoms. The molecule has 3 aromatic rings. The number of rotatable bonds is 5. The maximum Gasteiger partial charge on any atom is 0.120 e. The molecule has 0 aliphatic rings. The first-order valence-corrected chi connectivity index (χ1v) is 9.28. The Hall–Kier alpha value is -2.83. The van der Waals surface area contributed by atoms with Crippen molar-refractivity contribution in [2.24, 2.45) is 0 Å². The van der Waals surface area contributed by atoms with Gasteiger partial charge in [-0.05, 0) is 48.0 Å². The van der Waals surface area contributed by atoms with Crippen molar-refractivity contribution in [3.05, 3.63) is 89.5 Å². The third-order valence-corrected chi connectivity index (χ3v) is 4.98. The summed E-state index contributed by atoms with van der Waals surface area (Å²) in [6, 6.07) is 24.2. The highest BCUT2D eigenvalue weighted by molar-refractivity contribution is 7.98. The molecule has 0 radical (unpaired) electrons. The number of benzene rings is 3. The Balaban J connectivity index is 1.82. The van der Waals surface area contributed by atoms with Crippen molar-refractivity contribution in [1.82, 2.24) is 0 Å². The molecule has 0 saturated heterocycles. The van der Waals surface area contributed by atoms with Crippen LogP contribution < -0.4 is 9.47 Å². The number of hydrogen-bond donors (Lipinski definition) is 0. The van der Waals surface area contributed by atoms with Crippen LogP contribution in [0.3, 0.4) is 0 Å². The van der Waals surface area contributed by atoms with Gasteiger partial charge in [0.25, 0.3) is 0 Å². The van der Waals surface area contributed by atoms with Crippen molar-refractivity contribution in [2.75, 3.05) is 14.2 Å². The molecule has 0 aliphatic heterocycles. The Labute approximate surface area is 159 Å². The SMILES string of the molecule is COc1ccc(C#Cc2ccc(OC)cc2SCc2ccccc2)cc1. The van der Waals surface area contributed by atoms with Gasteiger partial charge in [-0.3, -0.25) is 0 Å². The van der Waals surface area contributed by atoms with E-state index >= 15 is 0 Å². The molecule has 0 fully saturated rings. The van der Waals surface area contributed by atoms with Crippen LogP contribution in [0.2, 0.25) is 0 Å². The normalized spacial score (nSPS) is 9.92. The van der Waals surface area contributed by atoms with Crippen molar-refractivity contribution < 1.29 is 9.47 Å². The minimum atomic E-state index is 0.833. The lowest BCUT2D eigenvalue weighted by molar-refractivity contribution is 0.413. The molecule has 2 nitrogen and oxygen atoms in total. The van der Waals surface area contributed by atoms with Gasteiger partial charge in [-0.1, -0.05) is 42.2 Å². The van der Waals surface area contributed by atoms with E-state index in [1.165, 1.54) is 5.56 Å². The van der Waals surface area contributed by atoms with Crippen LogP contribution >= 0.6 is 11.8 Å². The lowest BCUT2D eigenvalue weighted by Crippen LogP contribution is -1.88. The Kier molecular flexibility index (Phi) is 6.24. The van der Waals surface area contributed by atoms with Crippen molar-refractivity contribution >= 4 is 11.8 Å². The van der Waals surface area contributed by atoms with Gasteiger partial charge < -0.3 is 9.47 Å². The summed E-state index contributed by atoms with van der Waals surface area (Å²) in [7, 11) is 3.35. The molecule has 0 saturated carbocycles.